The van der Waals surface area contributed by atoms with E-state index >= 15 is 0 Å². The second-order valence-corrected chi connectivity index (χ2v) is 15.7. The number of carbonyl (C=O) groups is 6. The number of aliphatic hydroxyl groups is 1. The molecule has 0 bridgehead atoms. The van der Waals surface area contributed by atoms with Gasteiger partial charge in [-0.1, -0.05) is 58.8 Å². The molecule has 2 aliphatic carbocycles. The van der Waals surface area contributed by atoms with Gasteiger partial charge in [-0.25, -0.2) is 4.79 Å². The van der Waals surface area contributed by atoms with Gasteiger partial charge in [-0.05, 0) is 70.1 Å². The van der Waals surface area contributed by atoms with Gasteiger partial charge in [0.25, 0.3) is 0 Å². The first kappa shape index (κ1) is 40.9. The van der Waals surface area contributed by atoms with Gasteiger partial charge in [0.1, 0.15) is 23.9 Å². The summed E-state index contributed by atoms with van der Waals surface area (Å²) in [5.41, 5.74) is -2.01. The smallest absolute Gasteiger partial charge is 0.329 e. The van der Waals surface area contributed by atoms with E-state index in [1.54, 1.807) is 0 Å². The lowest BCUT2D eigenvalue weighted by Gasteiger charge is -2.39. The molecule has 0 aromatic heterocycles. The lowest BCUT2D eigenvalue weighted by Crippen LogP contribution is -2.58. The first-order valence-corrected chi connectivity index (χ1v) is 19.5. The third-order valence-corrected chi connectivity index (χ3v) is 11.6. The molecule has 0 aromatic rings. The summed E-state index contributed by atoms with van der Waals surface area (Å²) in [6, 6.07) is 0. The van der Waals surface area contributed by atoms with E-state index in [0.29, 0.717) is 64.7 Å². The van der Waals surface area contributed by atoms with Crippen molar-refractivity contribution in [2.75, 3.05) is 19.8 Å². The van der Waals surface area contributed by atoms with Crippen LogP contribution in [0, 0.1) is 17.8 Å². The molecule has 0 aromatic carbocycles. The molecule has 13 heteroatoms. The standard InChI is InChI=1S/C26H42N2O6.C12H19NO4/c1-17(2)19(23(31)20(29)15-18-9-4-7-13-27-24(18)32)16-22(30)26(11-5-3-6-12-26)28-25(33)21-10-8-14-34-21;14-10(9-5-4-8-17-9)13-12(11(15)16)6-2-1-3-7-12/h17-19,21,23,31H,3-16H2,1-2H3,(H,27,32)(H,28,33);9H,1-8H2,(H,13,14)(H,15,16)/t18-,19+,21-,23+;9-/m11/s1. The fourth-order valence-corrected chi connectivity index (χ4v) is 8.30. The van der Waals surface area contributed by atoms with Gasteiger partial charge in [-0.15, -0.1) is 0 Å². The third-order valence-electron chi connectivity index (χ3n) is 11.6. The van der Waals surface area contributed by atoms with Crippen molar-refractivity contribution in [3.8, 4) is 0 Å². The zero-order valence-electron chi connectivity index (χ0n) is 30.7. The molecule has 5 aliphatic rings. The van der Waals surface area contributed by atoms with Gasteiger partial charge in [-0.2, -0.15) is 0 Å². The molecular weight excluding hydrogens is 658 g/mol. The van der Waals surface area contributed by atoms with Crippen LogP contribution in [0.25, 0.3) is 0 Å². The van der Waals surface area contributed by atoms with Crippen molar-refractivity contribution < 1.29 is 48.5 Å². The molecule has 0 unspecified atom stereocenters. The number of carbonyl (C=O) groups excluding carboxylic acids is 5. The Labute approximate surface area is 302 Å². The van der Waals surface area contributed by atoms with Crippen molar-refractivity contribution in [1.82, 2.24) is 16.0 Å². The Kier molecular flexibility index (Phi) is 15.4. The predicted octanol–water partition coefficient (Wildman–Crippen LogP) is 3.52. The number of hydrogen-bond donors (Lipinski definition) is 5. The van der Waals surface area contributed by atoms with Crippen LogP contribution in [-0.2, 0) is 38.2 Å². The highest BCUT2D eigenvalue weighted by atomic mass is 16.5. The van der Waals surface area contributed by atoms with Gasteiger partial charge in [0.2, 0.25) is 17.7 Å². The lowest BCUT2D eigenvalue weighted by molar-refractivity contribution is -0.151. The maximum atomic E-state index is 13.7. The Morgan fingerprint density at radius 3 is 1.78 bits per heavy atom. The molecule has 0 spiro atoms. The average Bonchev–Trinajstić information content (AvgIpc) is 3.83. The highest BCUT2D eigenvalue weighted by Gasteiger charge is 2.45. The van der Waals surface area contributed by atoms with E-state index in [9.17, 15) is 39.0 Å². The molecule has 5 N–H and O–H groups in total. The van der Waals surface area contributed by atoms with Gasteiger partial charge >= 0.3 is 5.97 Å². The van der Waals surface area contributed by atoms with Crippen LogP contribution in [0.3, 0.4) is 0 Å². The summed E-state index contributed by atoms with van der Waals surface area (Å²) >= 11 is 0. The Balaban J connectivity index is 0.000000286. The molecule has 5 rings (SSSR count). The minimum absolute atomic E-state index is 0.00862. The number of Topliss-reactive ketones (excluding diaryl/α,β-unsaturated/α-hetero) is 2. The van der Waals surface area contributed by atoms with E-state index in [1.807, 2.05) is 13.8 Å². The second kappa shape index (κ2) is 19.3. The molecule has 5 fully saturated rings. The Bertz CT molecular complexity index is 1210. The number of ether oxygens (including phenoxy) is 2. The van der Waals surface area contributed by atoms with Gasteiger partial charge in [0, 0.05) is 44.4 Å². The third kappa shape index (κ3) is 11.1. The van der Waals surface area contributed by atoms with Crippen LogP contribution in [0.4, 0.5) is 0 Å². The number of carboxylic acid groups (broad SMARTS) is 1. The number of amides is 3. The molecule has 51 heavy (non-hydrogen) atoms. The second-order valence-electron chi connectivity index (χ2n) is 15.7. The molecule has 3 saturated heterocycles. The molecule has 13 nitrogen and oxygen atoms in total. The van der Waals surface area contributed by atoms with E-state index in [4.69, 9.17) is 9.47 Å². The average molecular weight is 720 g/mol. The quantitative estimate of drug-likeness (QED) is 0.188. The molecule has 5 atom stereocenters. The maximum absolute atomic E-state index is 13.7. The summed E-state index contributed by atoms with van der Waals surface area (Å²) < 4.78 is 10.8. The van der Waals surface area contributed by atoms with Gasteiger partial charge < -0.3 is 35.6 Å². The topological polar surface area (TPSA) is 197 Å². The van der Waals surface area contributed by atoms with E-state index < -0.39 is 47.2 Å². The van der Waals surface area contributed by atoms with Crippen LogP contribution in [0.5, 0.6) is 0 Å². The zero-order valence-corrected chi connectivity index (χ0v) is 30.7. The van der Waals surface area contributed by atoms with Crippen LogP contribution >= 0.6 is 0 Å². The fraction of sp³-hybridized carbons (Fsp3) is 0.842. The highest BCUT2D eigenvalue weighted by Crippen LogP contribution is 2.34. The maximum Gasteiger partial charge on any atom is 0.329 e. The summed E-state index contributed by atoms with van der Waals surface area (Å²) in [4.78, 5) is 75.0. The number of carboxylic acids is 1. The van der Waals surface area contributed by atoms with Crippen LogP contribution in [0.15, 0.2) is 0 Å². The number of hydrogen-bond acceptors (Lipinski definition) is 9. The summed E-state index contributed by atoms with van der Waals surface area (Å²) in [5.74, 6) is -3.13. The Morgan fingerprint density at radius 1 is 0.765 bits per heavy atom. The molecule has 3 aliphatic heterocycles. The number of ketones is 2. The largest absolute Gasteiger partial charge is 0.480 e. The summed E-state index contributed by atoms with van der Waals surface area (Å²) in [7, 11) is 0. The lowest BCUT2D eigenvalue weighted by atomic mass is 9.73. The monoisotopic (exact) mass is 719 g/mol. The Hall–Kier alpha value is -2.90. The van der Waals surface area contributed by atoms with Crippen molar-refractivity contribution in [2.24, 2.45) is 17.8 Å². The van der Waals surface area contributed by atoms with Crippen molar-refractivity contribution in [3.05, 3.63) is 0 Å². The van der Waals surface area contributed by atoms with Crippen LogP contribution in [0.2, 0.25) is 0 Å². The van der Waals surface area contributed by atoms with Crippen LogP contribution in [-0.4, -0.2) is 94.6 Å². The zero-order chi connectivity index (χ0) is 37.0. The summed E-state index contributed by atoms with van der Waals surface area (Å²) in [5, 5.41) is 28.9. The highest BCUT2D eigenvalue weighted by molar-refractivity contribution is 5.95. The SMILES string of the molecule is CC(C)[C@H](CC(=O)C1(NC(=O)[C@H]2CCCO2)CCCCC1)[C@H](O)C(=O)C[C@H]1CCCCNC1=O.O=C(NC1(C(=O)O)CCCCC1)[C@H]1CCCO1. The van der Waals surface area contributed by atoms with E-state index in [1.165, 1.54) is 0 Å². The molecule has 3 heterocycles. The summed E-state index contributed by atoms with van der Waals surface area (Å²) in [6.45, 7) is 5.56. The Morgan fingerprint density at radius 2 is 1.29 bits per heavy atom. The summed E-state index contributed by atoms with van der Waals surface area (Å²) in [6.07, 6.45) is 10.9. The van der Waals surface area contributed by atoms with Crippen molar-refractivity contribution >= 4 is 35.3 Å². The van der Waals surface area contributed by atoms with Crippen molar-refractivity contribution in [1.29, 1.82) is 0 Å². The minimum Gasteiger partial charge on any atom is -0.480 e. The van der Waals surface area contributed by atoms with Crippen molar-refractivity contribution in [2.45, 2.75) is 165 Å². The minimum atomic E-state index is -1.31. The first-order chi connectivity index (χ1) is 24.4. The van der Waals surface area contributed by atoms with Gasteiger partial charge in [0.05, 0.1) is 5.54 Å². The molecule has 2 saturated carbocycles. The van der Waals surface area contributed by atoms with Crippen molar-refractivity contribution in [3.63, 3.8) is 0 Å². The van der Waals surface area contributed by atoms with Crippen LogP contribution < -0.4 is 16.0 Å². The van der Waals surface area contributed by atoms with E-state index in [0.717, 1.165) is 64.2 Å². The number of aliphatic carboxylic acids is 1. The molecule has 0 radical (unpaired) electrons. The van der Waals surface area contributed by atoms with Gasteiger partial charge in [0.15, 0.2) is 11.6 Å². The molecule has 288 valence electrons. The van der Waals surface area contributed by atoms with Gasteiger partial charge in [-0.3, -0.25) is 24.0 Å². The fourth-order valence-electron chi connectivity index (χ4n) is 8.30. The normalized spacial score (nSPS) is 27.1. The molecular formula is C38H61N3O10. The number of aliphatic hydroxyl groups excluding tert-OH is 1. The molecule has 3 amide bonds. The van der Waals surface area contributed by atoms with E-state index in [-0.39, 0.29) is 48.0 Å². The predicted molar refractivity (Wildman–Crippen MR) is 187 cm³/mol. The number of nitrogens with one attached hydrogen (secondary N) is 3. The van der Waals surface area contributed by atoms with Crippen LogP contribution in [0.1, 0.15) is 136 Å². The first-order valence-electron chi connectivity index (χ1n) is 19.5. The van der Waals surface area contributed by atoms with E-state index in [2.05, 4.69) is 16.0 Å². The number of rotatable bonds is 13.